The Morgan fingerprint density at radius 2 is 1.93 bits per heavy atom. The molecule has 0 aliphatic carbocycles. The summed E-state index contributed by atoms with van der Waals surface area (Å²) in [5.41, 5.74) is 0.734. The van der Waals surface area contributed by atoms with E-state index in [0.29, 0.717) is 5.69 Å². The van der Waals surface area contributed by atoms with Crippen molar-refractivity contribution in [2.75, 3.05) is 18.0 Å². The number of urea groups is 1. The number of aromatic nitrogens is 2. The molecule has 1 aliphatic heterocycles. The average molecular weight is 404 g/mol. The summed E-state index contributed by atoms with van der Waals surface area (Å²) < 4.78 is 43.2. The van der Waals surface area contributed by atoms with Crippen molar-refractivity contribution in [1.82, 2.24) is 10.2 Å². The number of amides is 2. The Hall–Kier alpha value is -3.24. The molecule has 2 amide bonds. The van der Waals surface area contributed by atoms with Gasteiger partial charge in [-0.2, -0.15) is 8.78 Å². The molecule has 3 aromatic rings. The molecule has 1 saturated heterocycles. The summed E-state index contributed by atoms with van der Waals surface area (Å²) in [6.45, 7) is -0.179. The first-order valence-corrected chi connectivity index (χ1v) is 8.73. The van der Waals surface area contributed by atoms with Gasteiger partial charge in [-0.25, -0.2) is 9.18 Å². The minimum atomic E-state index is -2.93. The zero-order chi connectivity index (χ0) is 20.6. The lowest BCUT2D eigenvalue weighted by atomic mass is 10.1. The van der Waals surface area contributed by atoms with Gasteiger partial charge in [0.2, 0.25) is 5.89 Å². The standard InChI is InChI=1S/C19H15F3N4O3/c20-15-10-12(17-23-24-18(29-17)16(21)22)6-7-13(15)11-26(28)9-8-25(19(26)27)14-4-2-1-3-5-14/h1-7,10,16H,8-9,11H2. The van der Waals surface area contributed by atoms with Crippen LogP contribution in [0, 0.1) is 11.0 Å². The van der Waals surface area contributed by atoms with Gasteiger partial charge in [-0.15, -0.1) is 10.2 Å². The largest absolute Gasteiger partial charge is 0.623 e. The second-order valence-corrected chi connectivity index (χ2v) is 6.59. The molecule has 0 bridgehead atoms. The molecule has 1 aromatic heterocycles. The summed E-state index contributed by atoms with van der Waals surface area (Å²) in [4.78, 5) is 14.0. The van der Waals surface area contributed by atoms with Crippen LogP contribution in [0.5, 0.6) is 0 Å². The fourth-order valence-electron chi connectivity index (χ4n) is 3.19. The Morgan fingerprint density at radius 1 is 1.17 bits per heavy atom. The van der Waals surface area contributed by atoms with Gasteiger partial charge in [0.1, 0.15) is 18.9 Å². The zero-order valence-electron chi connectivity index (χ0n) is 15.0. The number of benzene rings is 2. The van der Waals surface area contributed by atoms with Gasteiger partial charge < -0.3 is 9.62 Å². The highest BCUT2D eigenvalue weighted by atomic mass is 19.3. The number of para-hydroxylation sites is 1. The van der Waals surface area contributed by atoms with Crippen LogP contribution in [0.25, 0.3) is 11.5 Å². The van der Waals surface area contributed by atoms with Crippen molar-refractivity contribution in [2.24, 2.45) is 0 Å². The summed E-state index contributed by atoms with van der Waals surface area (Å²) in [6, 6.07) is 11.8. The maximum absolute atomic E-state index is 14.6. The Kier molecular flexibility index (Phi) is 4.81. The van der Waals surface area contributed by atoms with E-state index in [0.717, 1.165) is 6.07 Å². The summed E-state index contributed by atoms with van der Waals surface area (Å²) in [5, 5.41) is 19.7. The summed E-state index contributed by atoms with van der Waals surface area (Å²) in [7, 11) is 0. The van der Waals surface area contributed by atoms with Gasteiger partial charge in [-0.05, 0) is 30.3 Å². The molecule has 0 spiro atoms. The van der Waals surface area contributed by atoms with Gasteiger partial charge in [0.05, 0.1) is 6.54 Å². The van der Waals surface area contributed by atoms with Gasteiger partial charge in [-0.3, -0.25) is 9.55 Å². The van der Waals surface area contributed by atoms with E-state index in [1.54, 1.807) is 30.3 Å². The van der Waals surface area contributed by atoms with Gasteiger partial charge in [0, 0.05) is 16.8 Å². The second-order valence-electron chi connectivity index (χ2n) is 6.59. The topological polar surface area (TPSA) is 82.3 Å². The first-order chi connectivity index (χ1) is 13.9. The fraction of sp³-hybridized carbons (Fsp3) is 0.211. The predicted molar refractivity (Wildman–Crippen MR) is 96.0 cm³/mol. The Balaban J connectivity index is 1.54. The van der Waals surface area contributed by atoms with E-state index in [9.17, 15) is 23.2 Å². The smallest absolute Gasteiger partial charge is 0.424 e. The summed E-state index contributed by atoms with van der Waals surface area (Å²) in [6.07, 6.45) is -2.93. The quantitative estimate of drug-likeness (QED) is 0.469. The van der Waals surface area contributed by atoms with E-state index in [4.69, 9.17) is 4.42 Å². The normalized spacial score (nSPS) is 19.3. The van der Waals surface area contributed by atoms with Crippen molar-refractivity contribution in [2.45, 2.75) is 13.0 Å². The van der Waals surface area contributed by atoms with Gasteiger partial charge in [0.25, 0.3) is 5.89 Å². The summed E-state index contributed by atoms with van der Waals surface area (Å²) >= 11 is 0. The van der Waals surface area contributed by atoms with Crippen molar-refractivity contribution in [3.8, 4) is 11.5 Å². The highest BCUT2D eigenvalue weighted by molar-refractivity contribution is 5.89. The number of rotatable bonds is 5. The van der Waals surface area contributed by atoms with Crippen LogP contribution in [-0.4, -0.2) is 34.0 Å². The van der Waals surface area contributed by atoms with E-state index >= 15 is 0 Å². The molecule has 2 aromatic carbocycles. The van der Waals surface area contributed by atoms with Crippen LogP contribution < -0.4 is 4.90 Å². The minimum Gasteiger partial charge on any atom is -0.623 e. The number of carbonyl (C=O) groups is 1. The number of quaternary nitrogens is 1. The van der Waals surface area contributed by atoms with Crippen LogP contribution >= 0.6 is 0 Å². The number of anilines is 1. The predicted octanol–water partition coefficient (Wildman–Crippen LogP) is 4.27. The third-order valence-corrected chi connectivity index (χ3v) is 4.69. The molecule has 4 rings (SSSR count). The SMILES string of the molecule is O=C1N(c2ccccc2)CC[N+]1([O-])Cc1ccc(-c2nnc(C(F)F)o2)cc1F. The fourth-order valence-corrected chi connectivity index (χ4v) is 3.19. The maximum Gasteiger partial charge on any atom is 0.424 e. The van der Waals surface area contributed by atoms with Crippen molar-refractivity contribution >= 4 is 11.7 Å². The van der Waals surface area contributed by atoms with Gasteiger partial charge in [-0.1, -0.05) is 18.2 Å². The number of hydrogen-bond acceptors (Lipinski definition) is 5. The lowest BCUT2D eigenvalue weighted by Gasteiger charge is -2.34. The van der Waals surface area contributed by atoms with E-state index in [2.05, 4.69) is 10.2 Å². The molecule has 1 atom stereocenters. The molecule has 0 saturated carbocycles. The Bertz CT molecular complexity index is 1040. The number of hydrogen-bond donors (Lipinski definition) is 0. The van der Waals surface area contributed by atoms with Crippen LogP contribution in [0.15, 0.2) is 52.9 Å². The van der Waals surface area contributed by atoms with E-state index in [-0.39, 0.29) is 36.7 Å². The molecule has 1 unspecified atom stereocenters. The average Bonchev–Trinajstić information content (AvgIpc) is 3.31. The molecule has 1 fully saturated rings. The zero-order valence-corrected chi connectivity index (χ0v) is 15.0. The van der Waals surface area contributed by atoms with Crippen LogP contribution in [0.2, 0.25) is 0 Å². The van der Waals surface area contributed by atoms with Gasteiger partial charge >= 0.3 is 12.5 Å². The first-order valence-electron chi connectivity index (χ1n) is 8.73. The summed E-state index contributed by atoms with van der Waals surface area (Å²) in [5.74, 6) is -1.89. The van der Waals surface area contributed by atoms with Gasteiger partial charge in [0.15, 0.2) is 0 Å². The molecule has 10 heteroatoms. The van der Waals surface area contributed by atoms with E-state index in [1.807, 2.05) is 0 Å². The molecule has 2 heterocycles. The highest BCUT2D eigenvalue weighted by Crippen LogP contribution is 2.29. The Morgan fingerprint density at radius 3 is 2.59 bits per heavy atom. The molecule has 29 heavy (non-hydrogen) atoms. The first kappa shape index (κ1) is 19.1. The molecular formula is C19H15F3N4O3. The number of alkyl halides is 2. The number of hydroxylamine groups is 3. The monoisotopic (exact) mass is 404 g/mol. The Labute approximate surface area is 163 Å². The van der Waals surface area contributed by atoms with Crippen molar-refractivity contribution in [1.29, 1.82) is 0 Å². The molecule has 0 N–H and O–H groups in total. The van der Waals surface area contributed by atoms with Crippen molar-refractivity contribution in [3.05, 3.63) is 71.0 Å². The lowest BCUT2D eigenvalue weighted by Crippen LogP contribution is -2.45. The number of halogens is 3. The van der Waals surface area contributed by atoms with Crippen molar-refractivity contribution in [3.63, 3.8) is 0 Å². The van der Waals surface area contributed by atoms with E-state index in [1.165, 1.54) is 17.0 Å². The van der Waals surface area contributed by atoms with Crippen LogP contribution in [0.3, 0.4) is 0 Å². The second kappa shape index (κ2) is 7.30. The molecule has 7 nitrogen and oxygen atoms in total. The minimum absolute atomic E-state index is 0.0175. The molecular weight excluding hydrogens is 389 g/mol. The van der Waals surface area contributed by atoms with E-state index < -0.39 is 28.8 Å². The molecule has 0 radical (unpaired) electrons. The third kappa shape index (κ3) is 3.59. The van der Waals surface area contributed by atoms with Crippen molar-refractivity contribution < 1.29 is 27.0 Å². The lowest BCUT2D eigenvalue weighted by molar-refractivity contribution is -0.802. The number of carbonyl (C=O) groups excluding carboxylic acids is 1. The maximum atomic E-state index is 14.6. The highest BCUT2D eigenvalue weighted by Gasteiger charge is 2.41. The molecule has 1 aliphatic rings. The number of nitrogens with zero attached hydrogens (tertiary/aromatic N) is 4. The van der Waals surface area contributed by atoms with Crippen LogP contribution in [-0.2, 0) is 6.54 Å². The molecule has 150 valence electrons. The van der Waals surface area contributed by atoms with Crippen LogP contribution in [0.1, 0.15) is 17.9 Å². The third-order valence-electron chi connectivity index (χ3n) is 4.69. The van der Waals surface area contributed by atoms with Crippen LogP contribution in [0.4, 0.5) is 23.7 Å².